The molecule has 0 atom stereocenters. The Hall–Kier alpha value is -2.98. The van der Waals surface area contributed by atoms with E-state index < -0.39 is 0 Å². The summed E-state index contributed by atoms with van der Waals surface area (Å²) < 4.78 is 6.91. The number of fused-ring (bicyclic) bond motifs is 2. The molecule has 1 aliphatic carbocycles. The zero-order valence-corrected chi connectivity index (χ0v) is 18.1. The number of aliphatic hydroxyl groups is 1. The Morgan fingerprint density at radius 1 is 1.03 bits per heavy atom. The number of ether oxygens (including phenoxy) is 1. The highest BCUT2D eigenvalue weighted by molar-refractivity contribution is 6.28. The van der Waals surface area contributed by atoms with Crippen LogP contribution in [0.15, 0.2) is 30.3 Å². The third kappa shape index (κ3) is 4.20. The van der Waals surface area contributed by atoms with E-state index in [1.54, 1.807) is 13.2 Å². The number of nitrogens with zero attached hydrogens (tertiary/aromatic N) is 2. The summed E-state index contributed by atoms with van der Waals surface area (Å²) in [6, 6.07) is 8.96. The van der Waals surface area contributed by atoms with E-state index in [0.29, 0.717) is 49.6 Å². The Bertz CT molecular complexity index is 1110. The van der Waals surface area contributed by atoms with Crippen LogP contribution in [-0.4, -0.2) is 78.8 Å². The molecule has 0 unspecified atom stereocenters. The highest BCUT2D eigenvalue weighted by atomic mass is 16.5. The van der Waals surface area contributed by atoms with Crippen LogP contribution < -0.4 is 16.0 Å². The molecular weight excluding hydrogens is 410 g/mol. The second-order valence-corrected chi connectivity index (χ2v) is 7.63. The van der Waals surface area contributed by atoms with Crippen molar-refractivity contribution < 1.29 is 19.7 Å². The molecule has 1 heterocycles. The molecule has 4 rings (SSSR count). The average molecular weight is 440 g/mol. The smallest absolute Gasteiger partial charge is 0.200 e. The Balaban J connectivity index is 1.70. The summed E-state index contributed by atoms with van der Waals surface area (Å²) in [4.78, 5) is 13.5. The normalized spacial score (nSPS) is 12.4. The lowest BCUT2D eigenvalue weighted by Crippen LogP contribution is -2.26. The largest absolute Gasteiger partial charge is 0.507 e. The summed E-state index contributed by atoms with van der Waals surface area (Å²) in [6.07, 6.45) is 0. The van der Waals surface area contributed by atoms with Crippen molar-refractivity contribution in [2.24, 2.45) is 0 Å². The zero-order valence-electron chi connectivity index (χ0n) is 18.1. The topological polar surface area (TPSA) is 121 Å². The number of carbonyl (C=O) groups is 1. The SMILES string of the molecule is COCCNCCNc1ccc2c3c(nn2CCNCCO)-c2cccc(O)c2C(=O)c13. The number of phenolic OH excluding ortho intramolecular Hbond substituents is 1. The van der Waals surface area contributed by atoms with Gasteiger partial charge in [0, 0.05) is 56.5 Å². The number of benzene rings is 2. The lowest BCUT2D eigenvalue weighted by Gasteiger charge is -2.19. The molecule has 9 heteroatoms. The fraction of sp³-hybridized carbons (Fsp3) is 0.391. The second kappa shape index (κ2) is 10.1. The molecule has 0 amide bonds. The van der Waals surface area contributed by atoms with Crippen molar-refractivity contribution in [2.45, 2.75) is 6.54 Å². The first-order valence-electron chi connectivity index (χ1n) is 10.8. The van der Waals surface area contributed by atoms with E-state index in [-0.39, 0.29) is 23.7 Å². The number of rotatable bonds is 12. The summed E-state index contributed by atoms with van der Waals surface area (Å²) in [6.45, 7) is 4.57. The van der Waals surface area contributed by atoms with Gasteiger partial charge >= 0.3 is 0 Å². The first kappa shape index (κ1) is 22.2. The number of ketones is 1. The Morgan fingerprint density at radius 2 is 1.88 bits per heavy atom. The van der Waals surface area contributed by atoms with Gasteiger partial charge in [-0.1, -0.05) is 12.1 Å². The van der Waals surface area contributed by atoms with Crippen molar-refractivity contribution >= 4 is 22.4 Å². The van der Waals surface area contributed by atoms with Crippen molar-refractivity contribution in [3.63, 3.8) is 0 Å². The van der Waals surface area contributed by atoms with Crippen molar-refractivity contribution in [3.8, 4) is 17.0 Å². The number of aliphatic hydroxyl groups excluding tert-OH is 1. The maximum Gasteiger partial charge on any atom is 0.200 e. The molecule has 0 spiro atoms. The molecule has 2 aromatic carbocycles. The number of phenols is 1. The number of hydrogen-bond donors (Lipinski definition) is 5. The number of anilines is 1. The van der Waals surface area contributed by atoms with Crippen LogP contribution >= 0.6 is 0 Å². The molecule has 0 saturated heterocycles. The molecule has 5 N–H and O–H groups in total. The minimum Gasteiger partial charge on any atom is -0.507 e. The van der Waals surface area contributed by atoms with Crippen LogP contribution in [0.5, 0.6) is 5.75 Å². The van der Waals surface area contributed by atoms with Gasteiger partial charge in [-0.2, -0.15) is 5.10 Å². The number of methoxy groups -OCH3 is 1. The molecule has 3 aromatic rings. The summed E-state index contributed by atoms with van der Waals surface area (Å²) in [5.41, 5.74) is 3.77. The van der Waals surface area contributed by atoms with E-state index >= 15 is 0 Å². The summed E-state index contributed by atoms with van der Waals surface area (Å²) in [5.74, 6) is -0.245. The van der Waals surface area contributed by atoms with Gasteiger partial charge in [0.15, 0.2) is 5.78 Å². The molecule has 170 valence electrons. The summed E-state index contributed by atoms with van der Waals surface area (Å²) in [7, 11) is 1.67. The van der Waals surface area contributed by atoms with Crippen molar-refractivity contribution in [1.82, 2.24) is 20.4 Å². The molecule has 0 bridgehead atoms. The summed E-state index contributed by atoms with van der Waals surface area (Å²) in [5, 5.41) is 34.9. The Labute approximate surface area is 186 Å². The predicted molar refractivity (Wildman–Crippen MR) is 123 cm³/mol. The van der Waals surface area contributed by atoms with Gasteiger partial charge in [0.25, 0.3) is 0 Å². The lowest BCUT2D eigenvalue weighted by molar-refractivity contribution is 0.103. The van der Waals surface area contributed by atoms with Gasteiger partial charge in [0.05, 0.1) is 36.4 Å². The van der Waals surface area contributed by atoms with E-state index in [4.69, 9.17) is 14.9 Å². The van der Waals surface area contributed by atoms with Crippen LogP contribution in [-0.2, 0) is 11.3 Å². The summed E-state index contributed by atoms with van der Waals surface area (Å²) >= 11 is 0. The molecule has 1 aliphatic rings. The highest BCUT2D eigenvalue weighted by Gasteiger charge is 2.32. The molecule has 0 aliphatic heterocycles. The fourth-order valence-electron chi connectivity index (χ4n) is 4.09. The third-order valence-corrected chi connectivity index (χ3v) is 5.56. The van der Waals surface area contributed by atoms with Gasteiger partial charge < -0.3 is 30.9 Å². The van der Waals surface area contributed by atoms with Gasteiger partial charge in [-0.15, -0.1) is 0 Å². The average Bonchev–Trinajstić information content (AvgIpc) is 3.16. The number of aromatic hydroxyl groups is 1. The van der Waals surface area contributed by atoms with Gasteiger partial charge in [0.2, 0.25) is 0 Å². The highest BCUT2D eigenvalue weighted by Crippen LogP contribution is 2.44. The zero-order chi connectivity index (χ0) is 22.5. The van der Waals surface area contributed by atoms with E-state index in [1.807, 2.05) is 22.9 Å². The van der Waals surface area contributed by atoms with Crippen molar-refractivity contribution in [1.29, 1.82) is 0 Å². The van der Waals surface area contributed by atoms with Gasteiger partial charge in [-0.05, 0) is 18.2 Å². The number of nitrogens with one attached hydrogen (secondary N) is 3. The maximum absolute atomic E-state index is 13.5. The van der Waals surface area contributed by atoms with Crippen LogP contribution in [0, 0.1) is 0 Å². The van der Waals surface area contributed by atoms with Crippen LogP contribution in [0.4, 0.5) is 5.69 Å². The molecule has 9 nitrogen and oxygen atoms in total. The Morgan fingerprint density at radius 3 is 2.69 bits per heavy atom. The van der Waals surface area contributed by atoms with E-state index in [2.05, 4.69) is 16.0 Å². The molecule has 0 fully saturated rings. The van der Waals surface area contributed by atoms with Crippen molar-refractivity contribution in [3.05, 3.63) is 41.5 Å². The standard InChI is InChI=1S/C23H29N5O4/c1-32-14-11-24-7-8-26-16-5-6-17-21-20(16)23(31)19-15(3-2-4-18(19)30)22(21)27-28(17)12-9-25-10-13-29/h2-6,24-26,29-30H,7-14H2,1H3. The first-order chi connectivity index (χ1) is 15.7. The fourth-order valence-corrected chi connectivity index (χ4v) is 4.09. The van der Waals surface area contributed by atoms with E-state index in [0.717, 1.165) is 29.7 Å². The minimum absolute atomic E-state index is 0.0403. The van der Waals surface area contributed by atoms with Gasteiger partial charge in [-0.3, -0.25) is 9.48 Å². The second-order valence-electron chi connectivity index (χ2n) is 7.63. The first-order valence-corrected chi connectivity index (χ1v) is 10.8. The van der Waals surface area contributed by atoms with Crippen LogP contribution in [0.25, 0.3) is 22.2 Å². The predicted octanol–water partition coefficient (Wildman–Crippen LogP) is 1.18. The lowest BCUT2D eigenvalue weighted by atomic mass is 9.86. The van der Waals surface area contributed by atoms with Crippen molar-refractivity contribution in [2.75, 3.05) is 58.4 Å². The van der Waals surface area contributed by atoms with Crippen LogP contribution in [0.3, 0.4) is 0 Å². The van der Waals surface area contributed by atoms with Crippen LogP contribution in [0.1, 0.15) is 15.9 Å². The molecular formula is C23H29N5O4. The van der Waals surface area contributed by atoms with Gasteiger partial charge in [-0.25, -0.2) is 0 Å². The maximum atomic E-state index is 13.5. The molecule has 32 heavy (non-hydrogen) atoms. The van der Waals surface area contributed by atoms with Crippen LogP contribution in [0.2, 0.25) is 0 Å². The Kier molecular flexibility index (Phi) is 7.01. The third-order valence-electron chi connectivity index (χ3n) is 5.56. The molecule has 0 saturated carbocycles. The number of aromatic nitrogens is 2. The monoisotopic (exact) mass is 439 g/mol. The molecule has 0 radical (unpaired) electrons. The van der Waals surface area contributed by atoms with E-state index in [9.17, 15) is 9.90 Å². The number of carbonyl (C=O) groups excluding carboxylic acids is 1. The van der Waals surface area contributed by atoms with Gasteiger partial charge in [0.1, 0.15) is 11.4 Å². The quantitative estimate of drug-likeness (QED) is 0.209. The number of hydrogen-bond acceptors (Lipinski definition) is 8. The van der Waals surface area contributed by atoms with E-state index in [1.165, 1.54) is 6.07 Å². The minimum atomic E-state index is -0.205. The molecule has 1 aromatic heterocycles.